The predicted octanol–water partition coefficient (Wildman–Crippen LogP) is 5.27. The lowest BCUT2D eigenvalue weighted by Gasteiger charge is -2.31. The number of carboxylic acids is 1. The number of fused-ring (bicyclic) bond motifs is 1. The van der Waals surface area contributed by atoms with Crippen LogP contribution < -0.4 is 9.47 Å². The number of piperidine rings is 1. The first kappa shape index (κ1) is 32.7. The normalized spacial score (nSPS) is 17.5. The molecule has 1 aliphatic carbocycles. The van der Waals surface area contributed by atoms with Gasteiger partial charge in [0.05, 0.1) is 53.7 Å². The average Bonchev–Trinajstić information content (AvgIpc) is 3.69. The molecule has 0 saturated carbocycles. The molecule has 4 heterocycles. The van der Waals surface area contributed by atoms with Crippen molar-refractivity contribution < 1.29 is 28.2 Å². The molecular weight excluding hydrogens is 644 g/mol. The fourth-order valence-corrected chi connectivity index (χ4v) is 6.36. The number of likely N-dealkylation sites (tertiary alicyclic amines) is 1. The predicted molar refractivity (Wildman–Crippen MR) is 177 cm³/mol. The van der Waals surface area contributed by atoms with Gasteiger partial charge >= 0.3 is 5.97 Å². The number of imidazole rings is 2. The highest BCUT2D eigenvalue weighted by atomic mass is 19.1. The molecule has 7 rings (SSSR count). The van der Waals surface area contributed by atoms with E-state index in [1.54, 1.807) is 0 Å². The average molecular weight is 678 g/mol. The number of hydrogen-bond acceptors (Lipinski definition) is 8. The maximum atomic E-state index is 14.5. The number of ether oxygens (including phenoxy) is 2. The van der Waals surface area contributed by atoms with Crippen LogP contribution in [-0.4, -0.2) is 59.3 Å². The molecule has 13 heteroatoms. The van der Waals surface area contributed by atoms with Crippen LogP contribution in [0.25, 0.3) is 11.0 Å². The van der Waals surface area contributed by atoms with Gasteiger partial charge in [0.1, 0.15) is 36.0 Å². The van der Waals surface area contributed by atoms with Gasteiger partial charge in [-0.2, -0.15) is 5.26 Å². The second-order valence-electron chi connectivity index (χ2n) is 12.3. The van der Waals surface area contributed by atoms with E-state index in [4.69, 9.17) is 19.7 Å². The van der Waals surface area contributed by atoms with Crippen molar-refractivity contribution in [2.75, 3.05) is 13.1 Å². The first-order valence-electron chi connectivity index (χ1n) is 16.4. The second kappa shape index (κ2) is 14.0. The fraction of sp³-hybridized carbons (Fsp3) is 0.324. The van der Waals surface area contributed by atoms with E-state index >= 15 is 0 Å². The van der Waals surface area contributed by atoms with Crippen LogP contribution in [-0.2, 0) is 31.0 Å². The van der Waals surface area contributed by atoms with Crippen LogP contribution in [0.15, 0.2) is 61.1 Å². The lowest BCUT2D eigenvalue weighted by Crippen LogP contribution is -2.38. The summed E-state index contributed by atoms with van der Waals surface area (Å²) in [7, 11) is 0. The number of aryl methyl sites for hydroxylation is 1. The first-order chi connectivity index (χ1) is 24.3. The van der Waals surface area contributed by atoms with E-state index in [1.807, 2.05) is 36.8 Å². The highest BCUT2D eigenvalue weighted by molar-refractivity contribution is 5.81. The number of pyridine rings is 1. The van der Waals surface area contributed by atoms with Crippen LogP contribution >= 0.6 is 0 Å². The van der Waals surface area contributed by atoms with Crippen LogP contribution in [0.2, 0.25) is 0 Å². The van der Waals surface area contributed by atoms with Gasteiger partial charge in [-0.3, -0.25) is 9.69 Å². The number of aromatic nitrogens is 5. The summed E-state index contributed by atoms with van der Waals surface area (Å²) in [5.74, 6) is 3.53. The van der Waals surface area contributed by atoms with Crippen molar-refractivity contribution in [2.45, 2.75) is 58.0 Å². The largest absolute Gasteiger partial charge is 0.484 e. The number of nitriles is 1. The summed E-state index contributed by atoms with van der Waals surface area (Å²) < 4.78 is 44.6. The Hall–Kier alpha value is -5.79. The number of halogens is 2. The SMILES string of the molecule is CCn1cncc1Cn1c(CN2CCC(Oc3ccc(F)c(COc4ccc(C#N)cc4F)n3)CC2)nc2ccc(C3C#CC3C(=O)O)cc21. The van der Waals surface area contributed by atoms with E-state index in [0.717, 1.165) is 53.8 Å². The minimum Gasteiger partial charge on any atom is -0.484 e. The molecule has 0 spiro atoms. The van der Waals surface area contributed by atoms with E-state index in [2.05, 4.69) is 42.8 Å². The summed E-state index contributed by atoms with van der Waals surface area (Å²) in [6.07, 6.45) is 4.96. The summed E-state index contributed by atoms with van der Waals surface area (Å²) in [5.41, 5.74) is 3.79. The highest BCUT2D eigenvalue weighted by Crippen LogP contribution is 2.33. The van der Waals surface area contributed by atoms with Crippen LogP contribution in [0.5, 0.6) is 11.6 Å². The minimum absolute atomic E-state index is 0.0157. The van der Waals surface area contributed by atoms with E-state index in [1.165, 1.54) is 24.3 Å². The Morgan fingerprint density at radius 3 is 2.62 bits per heavy atom. The van der Waals surface area contributed by atoms with Crippen molar-refractivity contribution in [1.82, 2.24) is 29.0 Å². The van der Waals surface area contributed by atoms with E-state index in [9.17, 15) is 18.7 Å². The van der Waals surface area contributed by atoms with E-state index in [-0.39, 0.29) is 41.5 Å². The van der Waals surface area contributed by atoms with Crippen molar-refractivity contribution in [3.05, 3.63) is 101 Å². The fourth-order valence-electron chi connectivity index (χ4n) is 6.36. The van der Waals surface area contributed by atoms with Crippen molar-refractivity contribution in [1.29, 1.82) is 5.26 Å². The summed E-state index contributed by atoms with van der Waals surface area (Å²) in [4.78, 5) is 27.6. The van der Waals surface area contributed by atoms with Crippen molar-refractivity contribution >= 4 is 17.0 Å². The van der Waals surface area contributed by atoms with Crippen LogP contribution in [0.4, 0.5) is 8.78 Å². The smallest absolute Gasteiger partial charge is 0.320 e. The van der Waals surface area contributed by atoms with Crippen molar-refractivity contribution in [3.8, 4) is 29.5 Å². The number of nitrogens with zero attached hydrogens (tertiary/aromatic N) is 7. The minimum atomic E-state index is -0.914. The molecule has 11 nitrogen and oxygen atoms in total. The summed E-state index contributed by atoms with van der Waals surface area (Å²) >= 11 is 0. The van der Waals surface area contributed by atoms with Crippen molar-refractivity contribution in [3.63, 3.8) is 0 Å². The highest BCUT2D eigenvalue weighted by Gasteiger charge is 2.32. The van der Waals surface area contributed by atoms with Crippen LogP contribution in [0.1, 0.15) is 54.0 Å². The number of carbonyl (C=O) groups is 1. The molecule has 5 aromatic rings. The van der Waals surface area contributed by atoms with Gasteiger partial charge in [0.15, 0.2) is 11.6 Å². The van der Waals surface area contributed by atoms with Gasteiger partial charge in [-0.1, -0.05) is 17.9 Å². The first-order valence-corrected chi connectivity index (χ1v) is 16.4. The molecule has 1 aliphatic heterocycles. The molecule has 0 radical (unpaired) electrons. The van der Waals surface area contributed by atoms with Crippen molar-refractivity contribution in [2.24, 2.45) is 5.92 Å². The maximum Gasteiger partial charge on any atom is 0.320 e. The third-order valence-corrected chi connectivity index (χ3v) is 9.17. The van der Waals surface area contributed by atoms with Gasteiger partial charge in [-0.05, 0) is 61.7 Å². The molecule has 1 fully saturated rings. The standard InChI is InChI=1S/C37H33F2N7O4/c1-2-45-22-41-18-25(45)19-46-33-16-24(27-5-6-28(27)37(47)48)4-8-31(33)42-35(46)20-44-13-11-26(12-14-44)50-36-10-7-29(38)32(43-36)21-49-34-9-3-23(17-40)15-30(34)39/h3-4,7-10,15-16,18,22,26-28H,2,11-14,19-21H2,1H3,(H,47,48). The Bertz CT molecular complexity index is 2170. The van der Waals surface area contributed by atoms with Gasteiger partial charge in [-0.25, -0.2) is 23.7 Å². The third kappa shape index (κ3) is 6.73. The number of carboxylic acid groups (broad SMARTS) is 1. The molecule has 50 heavy (non-hydrogen) atoms. The van der Waals surface area contributed by atoms with Gasteiger partial charge in [0.25, 0.3) is 0 Å². The van der Waals surface area contributed by atoms with E-state index in [0.29, 0.717) is 25.9 Å². The molecule has 3 aromatic heterocycles. The number of aliphatic carboxylic acids is 1. The number of rotatable bonds is 12. The Balaban J connectivity index is 1.03. The molecule has 0 amide bonds. The topological polar surface area (TPSA) is 131 Å². The lowest BCUT2D eigenvalue weighted by molar-refractivity contribution is -0.140. The number of benzene rings is 2. The van der Waals surface area contributed by atoms with Crippen LogP contribution in [0, 0.1) is 40.7 Å². The van der Waals surface area contributed by atoms with Gasteiger partial charge in [-0.15, -0.1) is 0 Å². The quantitative estimate of drug-likeness (QED) is 0.176. The maximum absolute atomic E-state index is 14.5. The Labute approximate surface area is 286 Å². The lowest BCUT2D eigenvalue weighted by atomic mass is 9.80. The molecule has 2 atom stereocenters. The Morgan fingerprint density at radius 2 is 1.90 bits per heavy atom. The van der Waals surface area contributed by atoms with Gasteiger partial charge in [0, 0.05) is 31.9 Å². The third-order valence-electron chi connectivity index (χ3n) is 9.17. The summed E-state index contributed by atoms with van der Waals surface area (Å²) in [5, 5.41) is 18.5. The zero-order chi connectivity index (χ0) is 34.8. The Morgan fingerprint density at radius 1 is 1.06 bits per heavy atom. The summed E-state index contributed by atoms with van der Waals surface area (Å²) in [6, 6.07) is 14.3. The molecule has 1 saturated heterocycles. The molecule has 0 bridgehead atoms. The molecule has 2 unspecified atom stereocenters. The van der Waals surface area contributed by atoms with Crippen LogP contribution in [0.3, 0.4) is 0 Å². The molecule has 2 aromatic carbocycles. The summed E-state index contributed by atoms with van der Waals surface area (Å²) in [6.45, 7) is 5.17. The molecule has 254 valence electrons. The zero-order valence-electron chi connectivity index (χ0n) is 27.2. The Kier molecular flexibility index (Phi) is 9.15. The van der Waals surface area contributed by atoms with E-state index < -0.39 is 23.5 Å². The monoisotopic (exact) mass is 677 g/mol. The molecule has 2 aliphatic rings. The zero-order valence-corrected chi connectivity index (χ0v) is 27.2. The molecular formula is C37H33F2N7O4. The van der Waals surface area contributed by atoms with Gasteiger partial charge < -0.3 is 23.7 Å². The van der Waals surface area contributed by atoms with Gasteiger partial charge in [0.2, 0.25) is 5.88 Å². The molecule has 1 N–H and O–H groups in total. The number of hydrogen-bond donors (Lipinski definition) is 1. The second-order valence-corrected chi connectivity index (χ2v) is 12.3.